The summed E-state index contributed by atoms with van der Waals surface area (Å²) in [4.78, 5) is 25.1. The van der Waals surface area contributed by atoms with Crippen molar-refractivity contribution < 1.29 is 9.59 Å². The lowest BCUT2D eigenvalue weighted by Gasteiger charge is -2.36. The highest BCUT2D eigenvalue weighted by molar-refractivity contribution is 6.31. The minimum atomic E-state index is -0.700. The van der Waals surface area contributed by atoms with Crippen molar-refractivity contribution in [3.63, 3.8) is 0 Å². The molecule has 1 aromatic carbocycles. The summed E-state index contributed by atoms with van der Waals surface area (Å²) in [5, 5.41) is 13.9. The lowest BCUT2D eigenvalue weighted by atomic mass is 9.87. The van der Waals surface area contributed by atoms with Gasteiger partial charge in [0.2, 0.25) is 11.8 Å². The second-order valence-corrected chi connectivity index (χ2v) is 7.11. The molecule has 0 bridgehead atoms. The molecule has 1 fully saturated rings. The van der Waals surface area contributed by atoms with Crippen LogP contribution >= 0.6 is 11.6 Å². The van der Waals surface area contributed by atoms with Crippen molar-refractivity contribution >= 4 is 29.1 Å². The molecule has 3 N–H and O–H groups in total. The first kappa shape index (κ1) is 19.4. The van der Waals surface area contributed by atoms with Crippen LogP contribution in [0, 0.1) is 6.92 Å². The van der Waals surface area contributed by atoms with Gasteiger partial charge in [0.15, 0.2) is 0 Å². The molecule has 3 rings (SSSR count). The zero-order chi connectivity index (χ0) is 19.3. The van der Waals surface area contributed by atoms with Crippen molar-refractivity contribution in [1.29, 1.82) is 0 Å². The van der Waals surface area contributed by atoms with Gasteiger partial charge in [0, 0.05) is 36.1 Å². The van der Waals surface area contributed by atoms with Gasteiger partial charge in [0.1, 0.15) is 5.54 Å². The van der Waals surface area contributed by atoms with Gasteiger partial charge in [-0.25, -0.2) is 0 Å². The van der Waals surface area contributed by atoms with Crippen molar-refractivity contribution in [3.05, 3.63) is 47.2 Å². The van der Waals surface area contributed by atoms with Crippen molar-refractivity contribution in [2.24, 2.45) is 0 Å². The zero-order valence-corrected chi connectivity index (χ0v) is 16.1. The van der Waals surface area contributed by atoms with E-state index >= 15 is 0 Å². The van der Waals surface area contributed by atoms with Crippen LogP contribution in [0.15, 0.2) is 36.7 Å². The smallest absolute Gasteiger partial charge is 0.248 e. The number of rotatable bonds is 6. The Morgan fingerprint density at radius 1 is 1.30 bits per heavy atom. The van der Waals surface area contributed by atoms with Crippen molar-refractivity contribution in [3.8, 4) is 0 Å². The second-order valence-electron chi connectivity index (χ2n) is 6.70. The maximum absolute atomic E-state index is 12.9. The molecule has 8 heteroatoms. The average Bonchev–Trinajstić information content (AvgIpc) is 3.21. The molecule has 1 aromatic heterocycles. The van der Waals surface area contributed by atoms with Crippen LogP contribution in [0.4, 0.5) is 5.69 Å². The van der Waals surface area contributed by atoms with Gasteiger partial charge in [0.05, 0.1) is 0 Å². The molecule has 0 atom stereocenters. The third-order valence-electron chi connectivity index (χ3n) is 4.98. The van der Waals surface area contributed by atoms with E-state index < -0.39 is 5.54 Å². The number of hydrogen-bond acceptors (Lipinski definition) is 4. The van der Waals surface area contributed by atoms with E-state index in [1.807, 2.05) is 19.2 Å². The predicted molar refractivity (Wildman–Crippen MR) is 105 cm³/mol. The molecule has 0 aliphatic carbocycles. The van der Waals surface area contributed by atoms with E-state index in [1.165, 1.54) is 0 Å². The summed E-state index contributed by atoms with van der Waals surface area (Å²) in [5.41, 5.74) is 0.809. The van der Waals surface area contributed by atoms with Gasteiger partial charge in [-0.15, -0.1) is 0 Å². The van der Waals surface area contributed by atoms with E-state index in [0.29, 0.717) is 23.6 Å². The molecule has 0 spiro atoms. The third kappa shape index (κ3) is 4.31. The minimum absolute atomic E-state index is 0.0977. The number of carbonyl (C=O) groups excluding carboxylic acids is 2. The number of anilines is 1. The topological polar surface area (TPSA) is 88.1 Å². The Hall–Kier alpha value is -2.38. The van der Waals surface area contributed by atoms with Gasteiger partial charge in [-0.1, -0.05) is 17.7 Å². The monoisotopic (exact) mass is 389 g/mol. The van der Waals surface area contributed by atoms with Gasteiger partial charge < -0.3 is 16.0 Å². The van der Waals surface area contributed by atoms with E-state index in [9.17, 15) is 9.59 Å². The summed E-state index contributed by atoms with van der Waals surface area (Å²) in [7, 11) is 0. The molecule has 1 saturated heterocycles. The number of piperidine rings is 1. The SMILES string of the molecule is Cc1c(Cl)cccc1NC(=O)CCNC(=O)C1(n2cccn2)CCNCC1. The number of nitrogens with one attached hydrogen (secondary N) is 3. The first-order valence-electron chi connectivity index (χ1n) is 9.07. The Balaban J connectivity index is 1.56. The first-order chi connectivity index (χ1) is 13.0. The number of amides is 2. The van der Waals surface area contributed by atoms with E-state index in [-0.39, 0.29) is 24.8 Å². The molecular formula is C19H24ClN5O2. The molecule has 0 unspecified atom stereocenters. The minimum Gasteiger partial charge on any atom is -0.353 e. The Labute approximate surface area is 163 Å². The molecule has 0 radical (unpaired) electrons. The molecule has 2 heterocycles. The molecular weight excluding hydrogens is 366 g/mol. The Kier molecular flexibility index (Phi) is 6.13. The lowest BCUT2D eigenvalue weighted by molar-refractivity contribution is -0.132. The summed E-state index contributed by atoms with van der Waals surface area (Å²) < 4.78 is 1.73. The molecule has 7 nitrogen and oxygen atoms in total. The molecule has 1 aliphatic rings. The van der Waals surface area contributed by atoms with Crippen molar-refractivity contribution in [2.75, 3.05) is 25.0 Å². The highest BCUT2D eigenvalue weighted by atomic mass is 35.5. The van der Waals surface area contributed by atoms with Gasteiger partial charge in [-0.05, 0) is 56.6 Å². The van der Waals surface area contributed by atoms with Crippen LogP contribution in [0.1, 0.15) is 24.8 Å². The quantitative estimate of drug-likeness (QED) is 0.705. The number of benzene rings is 1. The highest BCUT2D eigenvalue weighted by Gasteiger charge is 2.41. The van der Waals surface area contributed by atoms with E-state index in [2.05, 4.69) is 21.0 Å². The second kappa shape index (κ2) is 8.54. The Morgan fingerprint density at radius 2 is 2.07 bits per heavy atom. The number of halogens is 1. The summed E-state index contributed by atoms with van der Waals surface area (Å²) in [6, 6.07) is 7.19. The largest absolute Gasteiger partial charge is 0.353 e. The van der Waals surface area contributed by atoms with E-state index in [0.717, 1.165) is 18.7 Å². The van der Waals surface area contributed by atoms with Crippen LogP contribution in [-0.2, 0) is 15.1 Å². The zero-order valence-electron chi connectivity index (χ0n) is 15.3. The van der Waals surface area contributed by atoms with Gasteiger partial charge in [0.25, 0.3) is 0 Å². The molecule has 27 heavy (non-hydrogen) atoms. The number of hydrogen-bond donors (Lipinski definition) is 3. The van der Waals surface area contributed by atoms with Crippen LogP contribution in [0.25, 0.3) is 0 Å². The maximum Gasteiger partial charge on any atom is 0.248 e. The maximum atomic E-state index is 12.9. The molecule has 2 amide bonds. The number of aromatic nitrogens is 2. The summed E-state index contributed by atoms with van der Waals surface area (Å²) >= 11 is 6.07. The Bertz CT molecular complexity index is 800. The van der Waals surface area contributed by atoms with Gasteiger partial charge in [-0.2, -0.15) is 5.10 Å². The third-order valence-corrected chi connectivity index (χ3v) is 5.39. The van der Waals surface area contributed by atoms with E-state index in [1.54, 1.807) is 29.1 Å². The van der Waals surface area contributed by atoms with Crippen molar-refractivity contribution in [1.82, 2.24) is 20.4 Å². The highest BCUT2D eigenvalue weighted by Crippen LogP contribution is 2.27. The fourth-order valence-corrected chi connectivity index (χ4v) is 3.51. The average molecular weight is 390 g/mol. The molecule has 0 saturated carbocycles. The fraction of sp³-hybridized carbons (Fsp3) is 0.421. The fourth-order valence-electron chi connectivity index (χ4n) is 3.33. The van der Waals surface area contributed by atoms with Crippen LogP contribution in [0.5, 0.6) is 0 Å². The van der Waals surface area contributed by atoms with E-state index in [4.69, 9.17) is 11.6 Å². The van der Waals surface area contributed by atoms with Crippen LogP contribution in [-0.4, -0.2) is 41.2 Å². The summed E-state index contributed by atoms with van der Waals surface area (Å²) in [5.74, 6) is -0.265. The molecule has 1 aliphatic heterocycles. The predicted octanol–water partition coefficient (Wildman–Crippen LogP) is 2.07. The van der Waals surface area contributed by atoms with Crippen LogP contribution in [0.3, 0.4) is 0 Å². The molecule has 144 valence electrons. The Morgan fingerprint density at radius 3 is 2.78 bits per heavy atom. The van der Waals surface area contributed by atoms with Crippen molar-refractivity contribution in [2.45, 2.75) is 31.7 Å². The first-order valence-corrected chi connectivity index (χ1v) is 9.45. The number of carbonyl (C=O) groups is 2. The van der Waals surface area contributed by atoms with Gasteiger partial charge >= 0.3 is 0 Å². The standard InChI is InChI=1S/C19H24ClN5O2/c1-14-15(20)4-2-5-16(14)24-17(26)6-10-22-18(27)19(7-11-21-12-8-19)25-13-3-9-23-25/h2-5,9,13,21H,6-8,10-12H2,1H3,(H,22,27)(H,24,26). The number of nitrogens with zero attached hydrogens (tertiary/aromatic N) is 2. The van der Waals surface area contributed by atoms with Crippen LogP contribution < -0.4 is 16.0 Å². The lowest BCUT2D eigenvalue weighted by Crippen LogP contribution is -2.54. The van der Waals surface area contributed by atoms with Crippen LogP contribution in [0.2, 0.25) is 5.02 Å². The van der Waals surface area contributed by atoms with Gasteiger partial charge in [-0.3, -0.25) is 14.3 Å². The summed E-state index contributed by atoms with van der Waals surface area (Å²) in [6.45, 7) is 3.62. The molecule has 2 aromatic rings. The normalized spacial score (nSPS) is 15.9. The summed E-state index contributed by atoms with van der Waals surface area (Å²) in [6.07, 6.45) is 5.01.